The topological polar surface area (TPSA) is 26.0 Å². The zero-order valence-electron chi connectivity index (χ0n) is 8.09. The number of hydrogen-bond acceptors (Lipinski definition) is 1. The van der Waals surface area contributed by atoms with Gasteiger partial charge in [0.05, 0.1) is 5.56 Å². The van der Waals surface area contributed by atoms with Crippen molar-refractivity contribution < 1.29 is 17.6 Å². The smallest absolute Gasteiger partial charge is 0.321 e. The normalized spacial score (nSPS) is 12.8. The van der Waals surface area contributed by atoms with Crippen LogP contribution in [0, 0.1) is 5.82 Å². The summed E-state index contributed by atoms with van der Waals surface area (Å²) in [5, 5.41) is 0. The first-order valence-electron chi connectivity index (χ1n) is 4.11. The zero-order valence-corrected chi connectivity index (χ0v) is 8.91. The highest BCUT2D eigenvalue weighted by Crippen LogP contribution is 2.32. The van der Waals surface area contributed by atoms with Crippen LogP contribution in [0.2, 0.25) is 0 Å². The molecule has 1 aromatic rings. The van der Waals surface area contributed by atoms with Gasteiger partial charge in [-0.3, -0.25) is 0 Å². The van der Waals surface area contributed by atoms with Gasteiger partial charge in [0, 0.05) is 6.04 Å². The maximum Gasteiger partial charge on any atom is 0.419 e. The molecule has 0 heterocycles. The third kappa shape index (κ3) is 3.21. The molecule has 0 radical (unpaired) electrons. The van der Waals surface area contributed by atoms with E-state index in [0.717, 1.165) is 6.07 Å². The highest BCUT2D eigenvalue weighted by atomic mass is 35.5. The Bertz CT molecular complexity index is 376. The second-order valence-electron chi connectivity index (χ2n) is 3.00. The summed E-state index contributed by atoms with van der Waals surface area (Å²) in [5.41, 5.74) is 4.32. The van der Waals surface area contributed by atoms with Crippen molar-refractivity contribution in [2.75, 3.05) is 0 Å². The first-order chi connectivity index (χ1) is 6.86. The Morgan fingerprint density at radius 1 is 1.31 bits per heavy atom. The Labute approximate surface area is 96.4 Å². The summed E-state index contributed by atoms with van der Waals surface area (Å²) in [5.74, 6) is -1.30. The summed E-state index contributed by atoms with van der Waals surface area (Å²) >= 11 is 0. The van der Waals surface area contributed by atoms with Crippen LogP contribution in [0.3, 0.4) is 0 Å². The second kappa shape index (κ2) is 5.32. The Kier molecular flexibility index (Phi) is 4.96. The predicted molar refractivity (Wildman–Crippen MR) is 55.8 cm³/mol. The van der Waals surface area contributed by atoms with E-state index < -0.39 is 23.6 Å². The van der Waals surface area contributed by atoms with E-state index in [2.05, 4.69) is 6.58 Å². The van der Waals surface area contributed by atoms with Crippen molar-refractivity contribution in [1.82, 2.24) is 0 Å². The summed E-state index contributed by atoms with van der Waals surface area (Å²) in [6, 6.07) is 1.92. The average Bonchev–Trinajstić information content (AvgIpc) is 2.15. The summed E-state index contributed by atoms with van der Waals surface area (Å²) in [7, 11) is 0. The maximum absolute atomic E-state index is 12.8. The molecule has 0 saturated carbocycles. The molecule has 0 saturated heterocycles. The van der Waals surface area contributed by atoms with Crippen LogP contribution < -0.4 is 5.73 Å². The molecule has 0 aliphatic rings. The summed E-state index contributed by atoms with van der Waals surface area (Å²) in [6.45, 7) is 3.35. The van der Waals surface area contributed by atoms with E-state index >= 15 is 0 Å². The lowest BCUT2D eigenvalue weighted by molar-refractivity contribution is -0.140. The number of benzene rings is 1. The molecule has 0 spiro atoms. The fraction of sp³-hybridized carbons (Fsp3) is 0.200. The summed E-state index contributed by atoms with van der Waals surface area (Å²) in [6.07, 6.45) is -3.42. The molecule has 2 N–H and O–H groups in total. The number of alkyl halides is 3. The van der Waals surface area contributed by atoms with Gasteiger partial charge < -0.3 is 5.73 Å². The summed E-state index contributed by atoms with van der Waals surface area (Å²) in [4.78, 5) is 0. The number of rotatable bonds is 2. The van der Waals surface area contributed by atoms with E-state index in [-0.39, 0.29) is 18.0 Å². The number of halogens is 5. The molecular weight excluding hydrogens is 246 g/mol. The molecule has 16 heavy (non-hydrogen) atoms. The van der Waals surface area contributed by atoms with Crippen molar-refractivity contribution in [3.63, 3.8) is 0 Å². The number of hydrogen-bond donors (Lipinski definition) is 1. The van der Waals surface area contributed by atoms with Gasteiger partial charge in [-0.1, -0.05) is 12.1 Å². The lowest BCUT2D eigenvalue weighted by Gasteiger charge is -2.12. The largest absolute Gasteiger partial charge is 0.419 e. The molecule has 1 atom stereocenters. The molecule has 0 aromatic heterocycles. The maximum atomic E-state index is 12.8. The minimum absolute atomic E-state index is 0. The third-order valence-electron chi connectivity index (χ3n) is 1.93. The van der Waals surface area contributed by atoms with E-state index in [4.69, 9.17) is 5.73 Å². The van der Waals surface area contributed by atoms with Gasteiger partial charge >= 0.3 is 6.18 Å². The van der Waals surface area contributed by atoms with Crippen molar-refractivity contribution in [2.45, 2.75) is 12.2 Å². The fourth-order valence-corrected chi connectivity index (χ4v) is 1.10. The van der Waals surface area contributed by atoms with E-state index in [1.54, 1.807) is 0 Å². The van der Waals surface area contributed by atoms with Crippen LogP contribution in [0.1, 0.15) is 17.2 Å². The SMILES string of the molecule is C=C[C@H](N)c1ccc(F)c(C(F)(F)F)c1.Cl. The van der Waals surface area contributed by atoms with Gasteiger partial charge in [0.2, 0.25) is 0 Å². The lowest BCUT2D eigenvalue weighted by Crippen LogP contribution is -2.12. The Balaban J connectivity index is 0.00000225. The quantitative estimate of drug-likeness (QED) is 0.636. The average molecular weight is 256 g/mol. The molecule has 0 aliphatic heterocycles. The molecular formula is C10H10ClF4N. The van der Waals surface area contributed by atoms with E-state index in [0.29, 0.717) is 6.07 Å². The number of nitrogens with two attached hydrogens (primary N) is 1. The van der Waals surface area contributed by atoms with E-state index in [1.165, 1.54) is 12.1 Å². The Morgan fingerprint density at radius 3 is 2.31 bits per heavy atom. The molecule has 6 heteroatoms. The first-order valence-corrected chi connectivity index (χ1v) is 4.11. The molecule has 0 aliphatic carbocycles. The van der Waals surface area contributed by atoms with Crippen LogP contribution in [0.4, 0.5) is 17.6 Å². The van der Waals surface area contributed by atoms with Crippen molar-refractivity contribution in [2.24, 2.45) is 5.73 Å². The molecule has 0 bridgehead atoms. The standard InChI is InChI=1S/C10H9F4N.ClH/c1-2-9(15)6-3-4-8(11)7(5-6)10(12,13)14;/h2-5,9H,1,15H2;1H/t9-;/m0./s1. The van der Waals surface area contributed by atoms with Crippen molar-refractivity contribution >= 4 is 12.4 Å². The highest BCUT2D eigenvalue weighted by molar-refractivity contribution is 5.85. The second-order valence-corrected chi connectivity index (χ2v) is 3.00. The predicted octanol–water partition coefficient (Wildman–Crippen LogP) is 3.45. The van der Waals surface area contributed by atoms with Gasteiger partial charge in [-0.05, 0) is 17.7 Å². The Morgan fingerprint density at radius 2 is 1.88 bits per heavy atom. The van der Waals surface area contributed by atoms with Gasteiger partial charge in [-0.2, -0.15) is 13.2 Å². The monoisotopic (exact) mass is 255 g/mol. The molecule has 90 valence electrons. The van der Waals surface area contributed by atoms with Gasteiger partial charge in [0.25, 0.3) is 0 Å². The molecule has 0 fully saturated rings. The van der Waals surface area contributed by atoms with Crippen LogP contribution in [-0.4, -0.2) is 0 Å². The zero-order chi connectivity index (χ0) is 11.6. The molecule has 1 nitrogen and oxygen atoms in total. The van der Waals surface area contributed by atoms with Gasteiger partial charge in [0.15, 0.2) is 0 Å². The minimum Gasteiger partial charge on any atom is -0.321 e. The van der Waals surface area contributed by atoms with Crippen LogP contribution in [0.5, 0.6) is 0 Å². The van der Waals surface area contributed by atoms with E-state index in [1.807, 2.05) is 0 Å². The molecule has 1 rings (SSSR count). The molecule has 0 unspecified atom stereocenters. The first kappa shape index (κ1) is 14.9. The molecule has 0 amide bonds. The van der Waals surface area contributed by atoms with Gasteiger partial charge in [0.1, 0.15) is 5.82 Å². The van der Waals surface area contributed by atoms with Crippen LogP contribution in [0.15, 0.2) is 30.9 Å². The van der Waals surface area contributed by atoms with Crippen molar-refractivity contribution in [1.29, 1.82) is 0 Å². The Hall–Kier alpha value is -1.07. The minimum atomic E-state index is -4.71. The lowest BCUT2D eigenvalue weighted by atomic mass is 10.0. The third-order valence-corrected chi connectivity index (χ3v) is 1.93. The van der Waals surface area contributed by atoms with Crippen LogP contribution >= 0.6 is 12.4 Å². The molecule has 1 aromatic carbocycles. The fourth-order valence-electron chi connectivity index (χ4n) is 1.10. The van der Waals surface area contributed by atoms with Gasteiger partial charge in [-0.15, -0.1) is 19.0 Å². The van der Waals surface area contributed by atoms with E-state index in [9.17, 15) is 17.6 Å². The van der Waals surface area contributed by atoms with Crippen molar-refractivity contribution in [3.8, 4) is 0 Å². The highest BCUT2D eigenvalue weighted by Gasteiger charge is 2.34. The van der Waals surface area contributed by atoms with Crippen LogP contribution in [0.25, 0.3) is 0 Å². The van der Waals surface area contributed by atoms with Crippen LogP contribution in [-0.2, 0) is 6.18 Å². The van der Waals surface area contributed by atoms with Gasteiger partial charge in [-0.25, -0.2) is 4.39 Å². The van der Waals surface area contributed by atoms with Crippen molar-refractivity contribution in [3.05, 3.63) is 47.8 Å². The summed E-state index contributed by atoms with van der Waals surface area (Å²) < 4.78 is 49.7.